The average Bonchev–Trinajstić information content (AvgIpc) is 3.36. The molecule has 5 heterocycles. The van der Waals surface area contributed by atoms with E-state index in [2.05, 4.69) is 35.5 Å². The van der Waals surface area contributed by atoms with E-state index in [1.807, 2.05) is 49.3 Å². The molecule has 0 aliphatic rings. The molecule has 0 bridgehead atoms. The van der Waals surface area contributed by atoms with Gasteiger partial charge in [-0.05, 0) is 44.4 Å². The van der Waals surface area contributed by atoms with E-state index in [9.17, 15) is 4.79 Å². The van der Waals surface area contributed by atoms with Gasteiger partial charge in [0.05, 0.1) is 52.6 Å². The van der Waals surface area contributed by atoms with Crippen molar-refractivity contribution >= 4 is 33.5 Å². The lowest BCUT2D eigenvalue weighted by atomic mass is 10.1. The minimum absolute atomic E-state index is 0.100. The standard InChI is InChI=1S/C22H20N8O/c1-30(2)12-21(31)26-14-6-13(9-23-10-14)17-7-15-20(11-25-17)28-29-22(15)19-8-18-16(27-19)4-3-5-24-18/h3-11,27H,12H2,1-2H3,(H,26,31)(H,28,29). The van der Waals surface area contributed by atoms with Crippen LogP contribution >= 0.6 is 0 Å². The number of anilines is 1. The second-order valence-electron chi connectivity index (χ2n) is 7.55. The lowest BCUT2D eigenvalue weighted by molar-refractivity contribution is -0.116. The first-order valence-electron chi connectivity index (χ1n) is 9.75. The van der Waals surface area contributed by atoms with E-state index in [4.69, 9.17) is 0 Å². The Morgan fingerprint density at radius 1 is 1.10 bits per heavy atom. The maximum Gasteiger partial charge on any atom is 0.238 e. The van der Waals surface area contributed by atoms with Crippen LogP contribution < -0.4 is 5.32 Å². The van der Waals surface area contributed by atoms with Gasteiger partial charge in [0, 0.05) is 23.3 Å². The van der Waals surface area contributed by atoms with Gasteiger partial charge in [0.25, 0.3) is 0 Å². The molecule has 9 nitrogen and oxygen atoms in total. The summed E-state index contributed by atoms with van der Waals surface area (Å²) >= 11 is 0. The number of fused-ring (bicyclic) bond motifs is 2. The second-order valence-corrected chi connectivity index (χ2v) is 7.55. The molecule has 0 saturated carbocycles. The van der Waals surface area contributed by atoms with Crippen molar-refractivity contribution < 1.29 is 4.79 Å². The van der Waals surface area contributed by atoms with E-state index in [1.165, 1.54) is 0 Å². The van der Waals surface area contributed by atoms with Crippen molar-refractivity contribution in [1.29, 1.82) is 0 Å². The van der Waals surface area contributed by atoms with Crippen LogP contribution in [0.3, 0.4) is 0 Å². The van der Waals surface area contributed by atoms with Crippen LogP contribution in [0, 0.1) is 0 Å². The van der Waals surface area contributed by atoms with E-state index in [1.54, 1.807) is 24.8 Å². The predicted octanol–water partition coefficient (Wildman–Crippen LogP) is 3.06. The Balaban J connectivity index is 1.51. The number of carbonyl (C=O) groups is 1. The van der Waals surface area contributed by atoms with Crippen LogP contribution in [0.4, 0.5) is 5.69 Å². The first-order valence-corrected chi connectivity index (χ1v) is 9.75. The lowest BCUT2D eigenvalue weighted by Gasteiger charge is -2.10. The van der Waals surface area contributed by atoms with Crippen molar-refractivity contribution in [3.05, 3.63) is 55.1 Å². The maximum absolute atomic E-state index is 12.1. The number of rotatable bonds is 5. The number of likely N-dealkylation sites (N-methyl/N-ethyl adjacent to an activating group) is 1. The van der Waals surface area contributed by atoms with Crippen molar-refractivity contribution in [3.8, 4) is 22.6 Å². The molecule has 1 amide bonds. The van der Waals surface area contributed by atoms with Crippen molar-refractivity contribution in [3.63, 3.8) is 0 Å². The highest BCUT2D eigenvalue weighted by molar-refractivity contribution is 5.96. The summed E-state index contributed by atoms with van der Waals surface area (Å²) in [5.74, 6) is -0.100. The third-order valence-electron chi connectivity index (χ3n) is 4.87. The Hall–Kier alpha value is -4.11. The van der Waals surface area contributed by atoms with Gasteiger partial charge in [-0.25, -0.2) is 0 Å². The molecule has 0 unspecified atom stereocenters. The molecule has 5 rings (SSSR count). The molecule has 154 valence electrons. The Morgan fingerprint density at radius 3 is 2.84 bits per heavy atom. The number of hydrogen-bond donors (Lipinski definition) is 3. The van der Waals surface area contributed by atoms with Crippen LogP contribution in [0.5, 0.6) is 0 Å². The quantitative estimate of drug-likeness (QED) is 0.409. The van der Waals surface area contributed by atoms with E-state index in [0.717, 1.165) is 44.6 Å². The van der Waals surface area contributed by atoms with Gasteiger partial charge in [-0.2, -0.15) is 5.10 Å². The fourth-order valence-corrected chi connectivity index (χ4v) is 3.50. The van der Waals surface area contributed by atoms with Crippen LogP contribution in [-0.4, -0.2) is 61.6 Å². The summed E-state index contributed by atoms with van der Waals surface area (Å²) in [5, 5.41) is 11.3. The van der Waals surface area contributed by atoms with Gasteiger partial charge < -0.3 is 15.2 Å². The number of aromatic amines is 2. The molecule has 0 atom stereocenters. The second kappa shape index (κ2) is 7.62. The highest BCUT2D eigenvalue weighted by Gasteiger charge is 2.14. The summed E-state index contributed by atoms with van der Waals surface area (Å²) in [4.78, 5) is 30.4. The Kier molecular flexibility index (Phi) is 4.64. The fourth-order valence-electron chi connectivity index (χ4n) is 3.50. The molecular formula is C22H20N8O. The normalized spacial score (nSPS) is 11.5. The average molecular weight is 412 g/mol. The molecule has 0 saturated heterocycles. The number of aromatic nitrogens is 6. The summed E-state index contributed by atoms with van der Waals surface area (Å²) in [7, 11) is 3.69. The smallest absolute Gasteiger partial charge is 0.238 e. The third-order valence-corrected chi connectivity index (χ3v) is 4.87. The summed E-state index contributed by atoms with van der Waals surface area (Å²) in [5.41, 5.74) is 6.49. The number of nitrogens with zero attached hydrogens (tertiary/aromatic N) is 5. The summed E-state index contributed by atoms with van der Waals surface area (Å²) in [6.07, 6.45) is 6.86. The molecule has 0 spiro atoms. The van der Waals surface area contributed by atoms with Gasteiger partial charge in [0.15, 0.2) is 0 Å². The highest BCUT2D eigenvalue weighted by Crippen LogP contribution is 2.30. The van der Waals surface area contributed by atoms with Crippen molar-refractivity contribution in [2.24, 2.45) is 0 Å². The highest BCUT2D eigenvalue weighted by atomic mass is 16.2. The third kappa shape index (κ3) is 3.74. The van der Waals surface area contributed by atoms with Gasteiger partial charge in [-0.15, -0.1) is 0 Å². The van der Waals surface area contributed by atoms with Gasteiger partial charge in [-0.3, -0.25) is 24.8 Å². The van der Waals surface area contributed by atoms with E-state index in [-0.39, 0.29) is 5.91 Å². The number of nitrogens with one attached hydrogen (secondary N) is 3. The topological polar surface area (TPSA) is 115 Å². The molecule has 3 N–H and O–H groups in total. The molecule has 0 aliphatic heterocycles. The van der Waals surface area contributed by atoms with E-state index < -0.39 is 0 Å². The first-order chi connectivity index (χ1) is 15.1. The molecule has 0 aliphatic carbocycles. The maximum atomic E-state index is 12.1. The van der Waals surface area contributed by atoms with Crippen molar-refractivity contribution in [2.75, 3.05) is 26.0 Å². The minimum Gasteiger partial charge on any atom is -0.352 e. The fraction of sp³-hybridized carbons (Fsp3) is 0.136. The summed E-state index contributed by atoms with van der Waals surface area (Å²) < 4.78 is 0. The monoisotopic (exact) mass is 412 g/mol. The summed E-state index contributed by atoms with van der Waals surface area (Å²) in [6, 6.07) is 9.68. The number of carbonyl (C=O) groups excluding carboxylic acids is 1. The number of H-pyrrole nitrogens is 2. The molecule has 0 fully saturated rings. The zero-order chi connectivity index (χ0) is 21.4. The minimum atomic E-state index is -0.100. The predicted molar refractivity (Wildman–Crippen MR) is 119 cm³/mol. The van der Waals surface area contributed by atoms with Crippen LogP contribution in [0.2, 0.25) is 0 Å². The molecule has 31 heavy (non-hydrogen) atoms. The van der Waals surface area contributed by atoms with E-state index in [0.29, 0.717) is 12.2 Å². The van der Waals surface area contributed by atoms with Gasteiger partial charge in [0.2, 0.25) is 5.91 Å². The van der Waals surface area contributed by atoms with Crippen molar-refractivity contribution in [1.82, 2.24) is 35.0 Å². The lowest BCUT2D eigenvalue weighted by Crippen LogP contribution is -2.27. The first kappa shape index (κ1) is 18.9. The number of hydrogen-bond acceptors (Lipinski definition) is 6. The zero-order valence-corrected chi connectivity index (χ0v) is 17.0. The molecule has 0 radical (unpaired) electrons. The molecule has 9 heteroatoms. The molecule has 5 aromatic rings. The molecule has 5 aromatic heterocycles. The summed E-state index contributed by atoms with van der Waals surface area (Å²) in [6.45, 7) is 0.298. The van der Waals surface area contributed by atoms with Gasteiger partial charge in [0.1, 0.15) is 5.69 Å². The Labute approximate surface area is 177 Å². The Bertz CT molecular complexity index is 1370. The van der Waals surface area contributed by atoms with Crippen molar-refractivity contribution in [2.45, 2.75) is 0 Å². The molecular weight excluding hydrogens is 392 g/mol. The van der Waals surface area contributed by atoms with Crippen LogP contribution in [0.1, 0.15) is 0 Å². The van der Waals surface area contributed by atoms with E-state index >= 15 is 0 Å². The number of amides is 1. The van der Waals surface area contributed by atoms with Crippen LogP contribution in [0.25, 0.3) is 44.6 Å². The number of pyridine rings is 3. The van der Waals surface area contributed by atoms with Crippen LogP contribution in [-0.2, 0) is 4.79 Å². The Morgan fingerprint density at radius 2 is 2.00 bits per heavy atom. The van der Waals surface area contributed by atoms with Gasteiger partial charge >= 0.3 is 0 Å². The largest absolute Gasteiger partial charge is 0.352 e. The SMILES string of the molecule is CN(C)CC(=O)Nc1cncc(-c2cc3c(-c4cc5ncccc5[nH]4)n[nH]c3cn2)c1. The zero-order valence-electron chi connectivity index (χ0n) is 17.0. The molecule has 0 aromatic carbocycles. The van der Waals surface area contributed by atoms with Crippen LogP contribution in [0.15, 0.2) is 55.1 Å². The van der Waals surface area contributed by atoms with Gasteiger partial charge in [-0.1, -0.05) is 0 Å².